The van der Waals surface area contributed by atoms with Gasteiger partial charge in [-0.3, -0.25) is 4.90 Å². The fraction of sp³-hybridized carbons (Fsp3) is 0.533. The number of nitrogens with one attached hydrogen (secondary N) is 1. The molecule has 1 saturated heterocycles. The highest BCUT2D eigenvalue weighted by atomic mass is 32.2. The SMILES string of the molecule is CCCCc1ccc(S(=O)(=O)N2CCN([C@@H](C)c3nc(NC4CCCCC4)c4ccccc4n3)CC2)cc1. The van der Waals surface area contributed by atoms with Crippen LogP contribution in [0.1, 0.15) is 76.2 Å². The molecule has 204 valence electrons. The summed E-state index contributed by atoms with van der Waals surface area (Å²) in [4.78, 5) is 12.6. The van der Waals surface area contributed by atoms with Gasteiger partial charge in [-0.25, -0.2) is 18.4 Å². The summed E-state index contributed by atoms with van der Waals surface area (Å²) in [7, 11) is -3.50. The van der Waals surface area contributed by atoms with Crippen LogP contribution in [0.5, 0.6) is 0 Å². The molecule has 2 aromatic carbocycles. The zero-order valence-electron chi connectivity index (χ0n) is 22.8. The van der Waals surface area contributed by atoms with Crippen LogP contribution in [-0.2, 0) is 16.4 Å². The minimum absolute atomic E-state index is 0.00536. The van der Waals surface area contributed by atoms with E-state index in [1.807, 2.05) is 24.3 Å². The maximum atomic E-state index is 13.3. The number of aromatic nitrogens is 2. The lowest BCUT2D eigenvalue weighted by atomic mass is 9.95. The summed E-state index contributed by atoms with van der Waals surface area (Å²) in [6, 6.07) is 16.1. The third kappa shape index (κ3) is 6.03. The number of para-hydroxylation sites is 1. The molecule has 1 aliphatic carbocycles. The van der Waals surface area contributed by atoms with E-state index >= 15 is 0 Å². The summed E-state index contributed by atoms with van der Waals surface area (Å²) >= 11 is 0. The smallest absolute Gasteiger partial charge is 0.243 e. The summed E-state index contributed by atoms with van der Waals surface area (Å²) in [5.41, 5.74) is 2.14. The zero-order chi connectivity index (χ0) is 26.5. The second kappa shape index (κ2) is 12.1. The van der Waals surface area contributed by atoms with Gasteiger partial charge in [0.05, 0.1) is 16.5 Å². The molecule has 1 atom stereocenters. The normalized spacial score (nSPS) is 19.0. The quantitative estimate of drug-likeness (QED) is 0.374. The highest BCUT2D eigenvalue weighted by Gasteiger charge is 2.31. The molecule has 0 radical (unpaired) electrons. The van der Waals surface area contributed by atoms with Crippen molar-refractivity contribution >= 4 is 26.7 Å². The van der Waals surface area contributed by atoms with Crippen LogP contribution in [0.2, 0.25) is 0 Å². The number of benzene rings is 2. The van der Waals surface area contributed by atoms with Crippen LogP contribution in [0.25, 0.3) is 10.9 Å². The molecule has 0 amide bonds. The number of rotatable bonds is 9. The number of fused-ring (bicyclic) bond motifs is 1. The molecule has 5 rings (SSSR count). The Morgan fingerprint density at radius 1 is 0.947 bits per heavy atom. The average Bonchev–Trinajstić information content (AvgIpc) is 2.96. The molecule has 0 unspecified atom stereocenters. The molecular formula is C30H41N5O2S. The number of unbranched alkanes of at least 4 members (excludes halogenated alkanes) is 1. The first kappa shape index (κ1) is 27.0. The predicted octanol–water partition coefficient (Wildman–Crippen LogP) is 5.78. The zero-order valence-corrected chi connectivity index (χ0v) is 23.6. The van der Waals surface area contributed by atoms with E-state index in [0.29, 0.717) is 37.1 Å². The molecule has 3 aromatic rings. The van der Waals surface area contributed by atoms with Crippen LogP contribution < -0.4 is 5.32 Å². The largest absolute Gasteiger partial charge is 0.367 e. The van der Waals surface area contributed by atoms with Gasteiger partial charge in [0, 0.05) is 37.6 Å². The number of sulfonamides is 1. The first-order valence-electron chi connectivity index (χ1n) is 14.3. The number of nitrogens with zero attached hydrogens (tertiary/aromatic N) is 4. The fourth-order valence-electron chi connectivity index (χ4n) is 5.68. The summed E-state index contributed by atoms with van der Waals surface area (Å²) in [6.45, 7) is 6.52. The van der Waals surface area contributed by atoms with E-state index in [1.165, 1.54) is 37.7 Å². The maximum Gasteiger partial charge on any atom is 0.243 e. The van der Waals surface area contributed by atoms with E-state index in [9.17, 15) is 8.42 Å². The molecule has 1 aliphatic heterocycles. The Hall–Kier alpha value is -2.55. The van der Waals surface area contributed by atoms with Crippen molar-refractivity contribution in [2.24, 2.45) is 0 Å². The topological polar surface area (TPSA) is 78.4 Å². The van der Waals surface area contributed by atoms with Gasteiger partial charge in [-0.05, 0) is 62.4 Å². The van der Waals surface area contributed by atoms with Crippen LogP contribution in [-0.4, -0.2) is 59.8 Å². The molecule has 0 spiro atoms. The molecule has 2 fully saturated rings. The summed E-state index contributed by atoms with van der Waals surface area (Å²) in [6.07, 6.45) is 9.44. The Kier molecular flexibility index (Phi) is 8.61. The molecule has 2 aliphatic rings. The average molecular weight is 536 g/mol. The van der Waals surface area contributed by atoms with Crippen LogP contribution >= 0.6 is 0 Å². The van der Waals surface area contributed by atoms with Crippen molar-refractivity contribution in [1.82, 2.24) is 19.2 Å². The van der Waals surface area contributed by atoms with E-state index in [2.05, 4.69) is 36.2 Å². The van der Waals surface area contributed by atoms with Gasteiger partial charge in [0.1, 0.15) is 11.6 Å². The van der Waals surface area contributed by atoms with Gasteiger partial charge in [0.2, 0.25) is 10.0 Å². The molecule has 38 heavy (non-hydrogen) atoms. The van der Waals surface area contributed by atoms with Gasteiger partial charge in [-0.15, -0.1) is 0 Å². The number of hydrogen-bond donors (Lipinski definition) is 1. The van der Waals surface area contributed by atoms with E-state index in [-0.39, 0.29) is 6.04 Å². The van der Waals surface area contributed by atoms with Crippen molar-refractivity contribution in [2.45, 2.75) is 82.2 Å². The highest BCUT2D eigenvalue weighted by Crippen LogP contribution is 2.29. The third-order valence-electron chi connectivity index (χ3n) is 8.14. The molecule has 1 N–H and O–H groups in total. The minimum atomic E-state index is -3.50. The van der Waals surface area contributed by atoms with Gasteiger partial charge < -0.3 is 5.32 Å². The highest BCUT2D eigenvalue weighted by molar-refractivity contribution is 7.89. The summed E-state index contributed by atoms with van der Waals surface area (Å²) in [5, 5.41) is 4.79. The summed E-state index contributed by atoms with van der Waals surface area (Å²) in [5.74, 6) is 1.72. The Labute approximate surface area is 227 Å². The predicted molar refractivity (Wildman–Crippen MR) is 154 cm³/mol. The molecule has 2 heterocycles. The van der Waals surface area contributed by atoms with Gasteiger partial charge in [0.15, 0.2) is 0 Å². The first-order chi connectivity index (χ1) is 18.5. The van der Waals surface area contributed by atoms with Crippen molar-refractivity contribution in [3.8, 4) is 0 Å². The van der Waals surface area contributed by atoms with E-state index in [0.717, 1.165) is 41.8 Å². The molecule has 0 bridgehead atoms. The van der Waals surface area contributed by atoms with Crippen molar-refractivity contribution < 1.29 is 8.42 Å². The lowest BCUT2D eigenvalue weighted by molar-refractivity contribution is 0.141. The van der Waals surface area contributed by atoms with Crippen molar-refractivity contribution in [3.63, 3.8) is 0 Å². The van der Waals surface area contributed by atoms with Crippen molar-refractivity contribution in [1.29, 1.82) is 0 Å². The molecule has 8 heteroatoms. The van der Waals surface area contributed by atoms with Gasteiger partial charge >= 0.3 is 0 Å². The fourth-order valence-corrected chi connectivity index (χ4v) is 7.11. The van der Waals surface area contributed by atoms with Crippen molar-refractivity contribution in [3.05, 3.63) is 59.9 Å². The third-order valence-corrected chi connectivity index (χ3v) is 10.1. The maximum absolute atomic E-state index is 13.3. The molecule has 7 nitrogen and oxygen atoms in total. The monoisotopic (exact) mass is 535 g/mol. The van der Waals surface area contributed by atoms with E-state index in [1.54, 1.807) is 16.4 Å². The van der Waals surface area contributed by atoms with Crippen LogP contribution in [0, 0.1) is 0 Å². The Balaban J connectivity index is 1.27. The van der Waals surface area contributed by atoms with E-state index < -0.39 is 10.0 Å². The number of anilines is 1. The van der Waals surface area contributed by atoms with Crippen LogP contribution in [0.15, 0.2) is 53.4 Å². The molecular weight excluding hydrogens is 494 g/mol. The molecule has 1 saturated carbocycles. The van der Waals surface area contributed by atoms with Gasteiger partial charge in [0.25, 0.3) is 0 Å². The second-order valence-electron chi connectivity index (χ2n) is 10.8. The Morgan fingerprint density at radius 3 is 2.37 bits per heavy atom. The molecule has 1 aromatic heterocycles. The summed E-state index contributed by atoms with van der Waals surface area (Å²) < 4.78 is 28.2. The van der Waals surface area contributed by atoms with Crippen LogP contribution in [0.4, 0.5) is 5.82 Å². The lowest BCUT2D eigenvalue weighted by Crippen LogP contribution is -2.49. The lowest BCUT2D eigenvalue weighted by Gasteiger charge is -2.37. The van der Waals surface area contributed by atoms with Crippen LogP contribution in [0.3, 0.4) is 0 Å². The number of aryl methyl sites for hydroxylation is 1. The second-order valence-corrected chi connectivity index (χ2v) is 12.7. The first-order valence-corrected chi connectivity index (χ1v) is 15.8. The van der Waals surface area contributed by atoms with E-state index in [4.69, 9.17) is 9.97 Å². The van der Waals surface area contributed by atoms with Gasteiger partial charge in [-0.2, -0.15) is 4.31 Å². The number of hydrogen-bond acceptors (Lipinski definition) is 6. The number of piperazine rings is 1. The Bertz CT molecular complexity index is 1310. The minimum Gasteiger partial charge on any atom is -0.367 e. The van der Waals surface area contributed by atoms with Crippen molar-refractivity contribution in [2.75, 3.05) is 31.5 Å². The Morgan fingerprint density at radius 2 is 1.66 bits per heavy atom. The van der Waals surface area contributed by atoms with Gasteiger partial charge in [-0.1, -0.05) is 56.9 Å². The standard InChI is InChI=1S/C30H41N5O2S/c1-3-4-10-24-15-17-26(18-16-24)38(36,37)35-21-19-34(20-22-35)23(2)29-32-28-14-9-8-13-27(28)30(33-29)31-25-11-6-5-7-12-25/h8-9,13-18,23,25H,3-7,10-12,19-22H2,1-2H3,(H,31,32,33)/t23-/m0/s1.